The second kappa shape index (κ2) is 10.6. The highest BCUT2D eigenvalue weighted by atomic mass is 16.5. The van der Waals surface area contributed by atoms with Crippen LogP contribution in [0.4, 0.5) is 11.4 Å². The number of anilines is 2. The Bertz CT molecular complexity index is 760. The summed E-state index contributed by atoms with van der Waals surface area (Å²) >= 11 is 0. The van der Waals surface area contributed by atoms with Crippen molar-refractivity contribution in [3.05, 3.63) is 54.6 Å². The topological polar surface area (TPSA) is 93.7 Å². The molecule has 0 aliphatic rings. The number of hydrogen-bond donors (Lipinski definition) is 2. The Kier molecular flexibility index (Phi) is 7.84. The first-order valence-electron chi connectivity index (χ1n) is 8.60. The van der Waals surface area contributed by atoms with E-state index in [9.17, 15) is 14.4 Å². The quantitative estimate of drug-likeness (QED) is 0.662. The minimum absolute atomic E-state index is 0.0354. The zero-order valence-corrected chi connectivity index (χ0v) is 15.1. The fraction of sp³-hybridized carbons (Fsp3) is 0.250. The van der Waals surface area contributed by atoms with Gasteiger partial charge in [0.25, 0.3) is 5.91 Å². The maximum atomic E-state index is 11.9. The molecular formula is C20H22N2O5. The molecule has 2 rings (SSSR count). The molecule has 2 aromatic rings. The monoisotopic (exact) mass is 370 g/mol. The lowest BCUT2D eigenvalue weighted by molar-refractivity contribution is -0.147. The van der Waals surface area contributed by atoms with Crippen molar-refractivity contribution in [3.63, 3.8) is 0 Å². The van der Waals surface area contributed by atoms with Gasteiger partial charge < -0.3 is 20.1 Å². The van der Waals surface area contributed by atoms with Gasteiger partial charge >= 0.3 is 5.97 Å². The van der Waals surface area contributed by atoms with Crippen molar-refractivity contribution in [1.82, 2.24) is 0 Å². The number of rotatable bonds is 9. The Labute approximate surface area is 157 Å². The van der Waals surface area contributed by atoms with E-state index in [1.165, 1.54) is 0 Å². The van der Waals surface area contributed by atoms with E-state index >= 15 is 0 Å². The van der Waals surface area contributed by atoms with Crippen LogP contribution in [0.1, 0.15) is 19.8 Å². The molecule has 0 unspecified atom stereocenters. The number of benzene rings is 2. The molecule has 0 aliphatic carbocycles. The fourth-order valence-corrected chi connectivity index (χ4v) is 2.18. The lowest BCUT2D eigenvalue weighted by Gasteiger charge is -2.08. The van der Waals surface area contributed by atoms with E-state index in [0.29, 0.717) is 23.7 Å². The van der Waals surface area contributed by atoms with Crippen molar-refractivity contribution < 1.29 is 23.9 Å². The molecule has 27 heavy (non-hydrogen) atoms. The van der Waals surface area contributed by atoms with Crippen molar-refractivity contribution in [2.45, 2.75) is 19.8 Å². The van der Waals surface area contributed by atoms with E-state index in [1.54, 1.807) is 48.5 Å². The normalized spacial score (nSPS) is 9.96. The molecule has 0 aromatic heterocycles. The molecule has 0 fully saturated rings. The molecule has 0 bridgehead atoms. The van der Waals surface area contributed by atoms with Crippen LogP contribution in [0.2, 0.25) is 0 Å². The van der Waals surface area contributed by atoms with Crippen molar-refractivity contribution in [2.24, 2.45) is 0 Å². The van der Waals surface area contributed by atoms with Crippen molar-refractivity contribution in [2.75, 3.05) is 23.8 Å². The van der Waals surface area contributed by atoms with Crippen LogP contribution in [0.15, 0.2) is 54.6 Å². The zero-order valence-electron chi connectivity index (χ0n) is 15.1. The molecule has 0 atom stereocenters. The number of amides is 2. The molecule has 0 saturated heterocycles. The lowest BCUT2D eigenvalue weighted by atomic mass is 10.2. The molecular weight excluding hydrogens is 348 g/mol. The Hall–Kier alpha value is -3.35. The van der Waals surface area contributed by atoms with Crippen LogP contribution in [-0.2, 0) is 19.1 Å². The smallest absolute Gasteiger partial charge is 0.306 e. The van der Waals surface area contributed by atoms with Gasteiger partial charge in [0.1, 0.15) is 5.75 Å². The first kappa shape index (κ1) is 20.0. The molecule has 142 valence electrons. The second-order valence-electron chi connectivity index (χ2n) is 5.58. The molecule has 0 spiro atoms. The minimum atomic E-state index is -0.611. The summed E-state index contributed by atoms with van der Waals surface area (Å²) in [6, 6.07) is 15.8. The summed E-state index contributed by atoms with van der Waals surface area (Å²) in [6.45, 7) is 2.06. The van der Waals surface area contributed by atoms with Crippen molar-refractivity contribution in [1.29, 1.82) is 0 Å². The average Bonchev–Trinajstić information content (AvgIpc) is 2.67. The highest BCUT2D eigenvalue weighted by molar-refractivity contribution is 5.94. The van der Waals surface area contributed by atoms with Gasteiger partial charge in [0, 0.05) is 17.8 Å². The first-order chi connectivity index (χ1) is 13.1. The van der Waals surface area contributed by atoms with E-state index in [4.69, 9.17) is 9.47 Å². The lowest BCUT2D eigenvalue weighted by Crippen LogP contribution is -2.21. The van der Waals surface area contributed by atoms with E-state index < -0.39 is 18.5 Å². The van der Waals surface area contributed by atoms with E-state index in [-0.39, 0.29) is 18.7 Å². The van der Waals surface area contributed by atoms with Crippen LogP contribution in [0, 0.1) is 0 Å². The van der Waals surface area contributed by atoms with Gasteiger partial charge in [-0.3, -0.25) is 14.4 Å². The van der Waals surface area contributed by atoms with Crippen LogP contribution in [-0.4, -0.2) is 31.0 Å². The highest BCUT2D eigenvalue weighted by Gasteiger charge is 2.11. The van der Waals surface area contributed by atoms with Gasteiger partial charge in [-0.05, 0) is 43.3 Å². The Morgan fingerprint density at radius 2 is 1.44 bits per heavy atom. The van der Waals surface area contributed by atoms with E-state index in [2.05, 4.69) is 10.6 Å². The molecule has 0 saturated carbocycles. The number of nitrogens with one attached hydrogen (secondary N) is 2. The van der Waals surface area contributed by atoms with E-state index in [1.807, 2.05) is 13.0 Å². The van der Waals surface area contributed by atoms with Crippen LogP contribution in [0.25, 0.3) is 0 Å². The van der Waals surface area contributed by atoms with Gasteiger partial charge in [-0.25, -0.2) is 0 Å². The zero-order chi connectivity index (χ0) is 19.5. The van der Waals surface area contributed by atoms with Gasteiger partial charge in [0.2, 0.25) is 5.91 Å². The molecule has 2 aromatic carbocycles. The number of carbonyl (C=O) groups excluding carboxylic acids is 3. The van der Waals surface area contributed by atoms with Crippen molar-refractivity contribution in [3.8, 4) is 5.75 Å². The molecule has 0 radical (unpaired) electrons. The SMILES string of the molecule is CCOc1ccc(NC(=O)CCC(=O)OCC(=O)Nc2ccccc2)cc1. The molecule has 7 heteroatoms. The van der Waals surface area contributed by atoms with Crippen LogP contribution < -0.4 is 15.4 Å². The summed E-state index contributed by atoms with van der Waals surface area (Å²) in [7, 11) is 0. The summed E-state index contributed by atoms with van der Waals surface area (Å²) < 4.78 is 10.2. The van der Waals surface area contributed by atoms with Gasteiger partial charge in [0.15, 0.2) is 6.61 Å². The third-order valence-electron chi connectivity index (χ3n) is 3.43. The molecule has 7 nitrogen and oxygen atoms in total. The van der Waals surface area contributed by atoms with Crippen LogP contribution in [0.3, 0.4) is 0 Å². The standard InChI is InChI=1S/C20H22N2O5/c1-2-26-17-10-8-16(9-11-17)21-18(23)12-13-20(25)27-14-19(24)22-15-6-4-3-5-7-15/h3-11H,2,12-14H2,1H3,(H,21,23)(H,22,24). The largest absolute Gasteiger partial charge is 0.494 e. The van der Waals surface area contributed by atoms with Crippen LogP contribution >= 0.6 is 0 Å². The average molecular weight is 370 g/mol. The number of ether oxygens (including phenoxy) is 2. The first-order valence-corrected chi connectivity index (χ1v) is 8.60. The second-order valence-corrected chi connectivity index (χ2v) is 5.58. The Morgan fingerprint density at radius 1 is 0.815 bits per heavy atom. The minimum Gasteiger partial charge on any atom is -0.494 e. The summed E-state index contributed by atoms with van der Waals surface area (Å²) in [4.78, 5) is 35.2. The Balaban J connectivity index is 1.65. The summed E-state index contributed by atoms with van der Waals surface area (Å²) in [5.74, 6) is -0.647. The summed E-state index contributed by atoms with van der Waals surface area (Å²) in [5, 5.41) is 5.29. The number of esters is 1. The van der Waals surface area contributed by atoms with E-state index in [0.717, 1.165) is 0 Å². The van der Waals surface area contributed by atoms with Gasteiger partial charge in [-0.2, -0.15) is 0 Å². The molecule has 2 N–H and O–H groups in total. The third-order valence-corrected chi connectivity index (χ3v) is 3.43. The number of hydrogen-bond acceptors (Lipinski definition) is 5. The maximum absolute atomic E-state index is 11.9. The van der Waals surface area contributed by atoms with Crippen LogP contribution in [0.5, 0.6) is 5.75 Å². The van der Waals surface area contributed by atoms with Gasteiger partial charge in [0.05, 0.1) is 13.0 Å². The predicted octanol–water partition coefficient (Wildman–Crippen LogP) is 2.99. The predicted molar refractivity (Wildman–Crippen MR) is 102 cm³/mol. The molecule has 0 heterocycles. The van der Waals surface area contributed by atoms with Gasteiger partial charge in [-0.1, -0.05) is 18.2 Å². The molecule has 2 amide bonds. The fourth-order valence-electron chi connectivity index (χ4n) is 2.18. The summed E-state index contributed by atoms with van der Waals surface area (Å²) in [5.41, 5.74) is 1.23. The summed E-state index contributed by atoms with van der Waals surface area (Å²) in [6.07, 6.45) is -0.145. The maximum Gasteiger partial charge on any atom is 0.306 e. The number of carbonyl (C=O) groups is 3. The third kappa shape index (κ3) is 7.60. The number of para-hydroxylation sites is 1. The van der Waals surface area contributed by atoms with Gasteiger partial charge in [-0.15, -0.1) is 0 Å². The highest BCUT2D eigenvalue weighted by Crippen LogP contribution is 2.16. The Morgan fingerprint density at radius 3 is 2.11 bits per heavy atom. The molecule has 0 aliphatic heterocycles. The van der Waals surface area contributed by atoms with Crippen molar-refractivity contribution >= 4 is 29.2 Å².